The van der Waals surface area contributed by atoms with Gasteiger partial charge < -0.3 is 19.7 Å². The highest BCUT2D eigenvalue weighted by Crippen LogP contribution is 2.19. The number of esters is 1. The molecule has 2 rings (SSSR count). The molecule has 1 aromatic heterocycles. The smallest absolute Gasteiger partial charge is 0.338 e. The van der Waals surface area contributed by atoms with E-state index >= 15 is 0 Å². The van der Waals surface area contributed by atoms with Crippen molar-refractivity contribution in [1.82, 2.24) is 10.3 Å². The fourth-order valence-corrected chi connectivity index (χ4v) is 2.21. The topological polar surface area (TPSA) is 80.8 Å². The molecule has 7 heteroatoms. The average Bonchev–Trinajstić information content (AvgIpc) is 2.54. The summed E-state index contributed by atoms with van der Waals surface area (Å²) in [5, 5.41) is 2.78. The molecule has 21 heavy (non-hydrogen) atoms. The van der Waals surface area contributed by atoms with Crippen LogP contribution in [0.2, 0.25) is 0 Å². The van der Waals surface area contributed by atoms with Crippen molar-refractivity contribution in [3.05, 3.63) is 23.9 Å². The molecule has 1 atom stereocenters. The Morgan fingerprint density at radius 1 is 1.57 bits per heavy atom. The highest BCUT2D eigenvalue weighted by Gasteiger charge is 2.30. The lowest BCUT2D eigenvalue weighted by Crippen LogP contribution is -2.54. The van der Waals surface area contributed by atoms with E-state index in [1.165, 1.54) is 13.3 Å². The van der Waals surface area contributed by atoms with Crippen LogP contribution in [0.3, 0.4) is 0 Å². The van der Waals surface area contributed by atoms with E-state index in [-0.39, 0.29) is 5.91 Å². The SMILES string of the molecule is CCNC(=O)C1COCCN1c1cc(C(=O)OC)ccn1. The van der Waals surface area contributed by atoms with E-state index < -0.39 is 12.0 Å². The molecule has 1 unspecified atom stereocenters. The lowest BCUT2D eigenvalue weighted by atomic mass is 10.2. The van der Waals surface area contributed by atoms with Crippen LogP contribution in [0.15, 0.2) is 18.3 Å². The molecule has 0 saturated carbocycles. The van der Waals surface area contributed by atoms with Crippen molar-refractivity contribution in [3.8, 4) is 0 Å². The van der Waals surface area contributed by atoms with Crippen molar-refractivity contribution >= 4 is 17.7 Å². The Morgan fingerprint density at radius 3 is 3.10 bits per heavy atom. The largest absolute Gasteiger partial charge is 0.465 e. The lowest BCUT2D eigenvalue weighted by Gasteiger charge is -2.35. The first-order valence-electron chi connectivity index (χ1n) is 6.83. The first kappa shape index (κ1) is 15.2. The van der Waals surface area contributed by atoms with Crippen LogP contribution >= 0.6 is 0 Å². The third-order valence-corrected chi connectivity index (χ3v) is 3.24. The van der Waals surface area contributed by atoms with Gasteiger partial charge in [-0.2, -0.15) is 0 Å². The zero-order valence-corrected chi connectivity index (χ0v) is 12.2. The Bertz CT molecular complexity index is 521. The molecule has 0 aromatic carbocycles. The van der Waals surface area contributed by atoms with E-state index in [0.717, 1.165) is 0 Å². The summed E-state index contributed by atoms with van der Waals surface area (Å²) in [4.78, 5) is 29.8. The van der Waals surface area contributed by atoms with Crippen LogP contribution in [-0.2, 0) is 14.3 Å². The zero-order valence-electron chi connectivity index (χ0n) is 12.2. The maximum Gasteiger partial charge on any atom is 0.338 e. The monoisotopic (exact) mass is 293 g/mol. The number of hydrogen-bond acceptors (Lipinski definition) is 6. The standard InChI is InChI=1S/C14H19N3O4/c1-3-15-13(18)11-9-21-7-6-17(11)12-8-10(4-5-16-12)14(19)20-2/h4-5,8,11H,3,6-7,9H2,1-2H3,(H,15,18). The van der Waals surface area contributed by atoms with Gasteiger partial charge in [0, 0.05) is 19.3 Å². The molecule has 1 fully saturated rings. The Morgan fingerprint density at radius 2 is 2.38 bits per heavy atom. The van der Waals surface area contributed by atoms with Crippen molar-refractivity contribution in [2.45, 2.75) is 13.0 Å². The molecule has 1 N–H and O–H groups in total. The van der Waals surface area contributed by atoms with Gasteiger partial charge in [-0.1, -0.05) is 0 Å². The van der Waals surface area contributed by atoms with Crippen molar-refractivity contribution in [2.75, 3.05) is 38.3 Å². The first-order chi connectivity index (χ1) is 10.2. The molecule has 114 valence electrons. The van der Waals surface area contributed by atoms with Gasteiger partial charge in [0.25, 0.3) is 0 Å². The summed E-state index contributed by atoms with van der Waals surface area (Å²) in [7, 11) is 1.33. The molecule has 1 saturated heterocycles. The first-order valence-corrected chi connectivity index (χ1v) is 6.83. The van der Waals surface area contributed by atoms with E-state index in [4.69, 9.17) is 9.47 Å². The number of ether oxygens (including phenoxy) is 2. The summed E-state index contributed by atoms with van der Waals surface area (Å²) >= 11 is 0. The minimum atomic E-state index is -0.445. The number of carbonyl (C=O) groups is 2. The molecule has 0 radical (unpaired) electrons. The van der Waals surface area contributed by atoms with E-state index in [2.05, 4.69) is 10.3 Å². The van der Waals surface area contributed by atoms with Gasteiger partial charge in [0.2, 0.25) is 5.91 Å². The quantitative estimate of drug-likeness (QED) is 0.799. The van der Waals surface area contributed by atoms with Gasteiger partial charge in [-0.15, -0.1) is 0 Å². The number of rotatable bonds is 4. The van der Waals surface area contributed by atoms with Crippen LogP contribution in [0.25, 0.3) is 0 Å². The van der Waals surface area contributed by atoms with Crippen molar-refractivity contribution < 1.29 is 19.1 Å². The van der Waals surface area contributed by atoms with Gasteiger partial charge in [-0.3, -0.25) is 4.79 Å². The molecule has 0 bridgehead atoms. The summed E-state index contributed by atoms with van der Waals surface area (Å²) in [6, 6.07) is 2.76. The van der Waals surface area contributed by atoms with Gasteiger partial charge in [0.15, 0.2) is 0 Å². The number of methoxy groups -OCH3 is 1. The molecular formula is C14H19N3O4. The fraction of sp³-hybridized carbons (Fsp3) is 0.500. The minimum Gasteiger partial charge on any atom is -0.465 e. The second-order valence-corrected chi connectivity index (χ2v) is 4.57. The Kier molecular flexibility index (Phi) is 5.10. The van der Waals surface area contributed by atoms with Gasteiger partial charge in [-0.05, 0) is 19.1 Å². The molecule has 1 aromatic rings. The number of pyridine rings is 1. The van der Waals surface area contributed by atoms with Crippen molar-refractivity contribution in [3.63, 3.8) is 0 Å². The Labute approximate surface area is 123 Å². The third kappa shape index (κ3) is 3.49. The van der Waals surface area contributed by atoms with E-state index in [9.17, 15) is 9.59 Å². The molecular weight excluding hydrogens is 274 g/mol. The molecule has 2 heterocycles. The normalized spacial score (nSPS) is 18.2. The van der Waals surface area contributed by atoms with Crippen LogP contribution in [0.4, 0.5) is 5.82 Å². The fourth-order valence-electron chi connectivity index (χ4n) is 2.21. The Hall–Kier alpha value is -2.15. The third-order valence-electron chi connectivity index (χ3n) is 3.24. The van der Waals surface area contributed by atoms with E-state index in [1.807, 2.05) is 11.8 Å². The molecule has 0 spiro atoms. The number of likely N-dealkylation sites (N-methyl/N-ethyl adjacent to an activating group) is 1. The molecule has 1 aliphatic heterocycles. The number of morpholine rings is 1. The number of carbonyl (C=O) groups excluding carboxylic acids is 2. The van der Waals surface area contributed by atoms with E-state index in [0.29, 0.717) is 37.7 Å². The summed E-state index contributed by atoms with van der Waals surface area (Å²) in [6.45, 7) is 3.77. The maximum atomic E-state index is 12.1. The van der Waals surface area contributed by atoms with Gasteiger partial charge in [0.1, 0.15) is 11.9 Å². The van der Waals surface area contributed by atoms with Crippen LogP contribution in [0, 0.1) is 0 Å². The van der Waals surface area contributed by atoms with Gasteiger partial charge >= 0.3 is 5.97 Å². The second-order valence-electron chi connectivity index (χ2n) is 4.57. The lowest BCUT2D eigenvalue weighted by molar-refractivity contribution is -0.124. The molecule has 1 aliphatic rings. The number of nitrogens with one attached hydrogen (secondary N) is 1. The highest BCUT2D eigenvalue weighted by atomic mass is 16.5. The maximum absolute atomic E-state index is 12.1. The summed E-state index contributed by atoms with van der Waals surface area (Å²) in [6.07, 6.45) is 1.53. The summed E-state index contributed by atoms with van der Waals surface area (Å²) < 4.78 is 10.1. The van der Waals surface area contributed by atoms with Crippen molar-refractivity contribution in [1.29, 1.82) is 0 Å². The minimum absolute atomic E-state index is 0.109. The number of anilines is 1. The van der Waals surface area contributed by atoms with Gasteiger partial charge in [-0.25, -0.2) is 9.78 Å². The number of nitrogens with zero attached hydrogens (tertiary/aromatic N) is 2. The second kappa shape index (κ2) is 7.03. The average molecular weight is 293 g/mol. The zero-order chi connectivity index (χ0) is 15.2. The van der Waals surface area contributed by atoms with Crippen molar-refractivity contribution in [2.24, 2.45) is 0 Å². The number of hydrogen-bond donors (Lipinski definition) is 1. The van der Waals surface area contributed by atoms with Gasteiger partial charge in [0.05, 0.1) is 25.9 Å². The number of amides is 1. The number of aromatic nitrogens is 1. The van der Waals surface area contributed by atoms with Crippen LogP contribution in [0.1, 0.15) is 17.3 Å². The molecule has 1 amide bonds. The molecule has 7 nitrogen and oxygen atoms in total. The molecule has 0 aliphatic carbocycles. The Balaban J connectivity index is 2.24. The summed E-state index contributed by atoms with van der Waals surface area (Å²) in [5.41, 5.74) is 0.406. The van der Waals surface area contributed by atoms with Crippen LogP contribution in [-0.4, -0.2) is 56.3 Å². The van der Waals surface area contributed by atoms with Crippen LogP contribution in [0.5, 0.6) is 0 Å². The highest BCUT2D eigenvalue weighted by molar-refractivity contribution is 5.90. The predicted octanol–water partition coefficient (Wildman–Crippen LogP) is 0.210. The van der Waals surface area contributed by atoms with Crippen LogP contribution < -0.4 is 10.2 Å². The summed E-state index contributed by atoms with van der Waals surface area (Å²) in [5.74, 6) is 0.0291. The van der Waals surface area contributed by atoms with E-state index in [1.54, 1.807) is 12.1 Å². The predicted molar refractivity (Wildman–Crippen MR) is 76.2 cm³/mol.